The first-order valence-electron chi connectivity index (χ1n) is 7.42. The predicted molar refractivity (Wildman–Crippen MR) is 95.8 cm³/mol. The molecule has 0 aliphatic carbocycles. The van der Waals surface area contributed by atoms with Crippen molar-refractivity contribution in [3.8, 4) is 11.5 Å². The van der Waals surface area contributed by atoms with Crippen LogP contribution in [0.2, 0.25) is 10.0 Å². The van der Waals surface area contributed by atoms with Crippen LogP contribution in [-0.4, -0.2) is 25.7 Å². The lowest BCUT2D eigenvalue weighted by Crippen LogP contribution is -2.22. The van der Waals surface area contributed by atoms with Gasteiger partial charge in [-0.2, -0.15) is 0 Å². The number of rotatable bonds is 4. The third-order valence-corrected chi connectivity index (χ3v) is 4.34. The van der Waals surface area contributed by atoms with Gasteiger partial charge in [0.05, 0.1) is 17.3 Å². The molecule has 2 N–H and O–H groups in total. The van der Waals surface area contributed by atoms with Gasteiger partial charge >= 0.3 is 0 Å². The second kappa shape index (κ2) is 7.20. The van der Waals surface area contributed by atoms with Crippen LogP contribution in [0.25, 0.3) is 0 Å². The minimum Gasteiger partial charge on any atom is -0.486 e. The van der Waals surface area contributed by atoms with Gasteiger partial charge in [0.2, 0.25) is 5.91 Å². The number of carbonyl (C=O) groups excluding carboxylic acids is 1. The number of anilines is 2. The van der Waals surface area contributed by atoms with Crippen LogP contribution in [0.5, 0.6) is 11.5 Å². The van der Waals surface area contributed by atoms with E-state index < -0.39 is 0 Å². The molecule has 126 valence electrons. The topological polar surface area (TPSA) is 59.6 Å². The molecular formula is C17H16Cl2N2O3. The van der Waals surface area contributed by atoms with Gasteiger partial charge in [0.1, 0.15) is 13.2 Å². The minimum absolute atomic E-state index is 0.0892. The lowest BCUT2D eigenvalue weighted by Gasteiger charge is -2.20. The fourth-order valence-corrected chi connectivity index (χ4v) is 2.70. The van der Waals surface area contributed by atoms with Crippen LogP contribution < -0.4 is 20.1 Å². The number of hydrogen-bond acceptors (Lipinski definition) is 4. The molecule has 0 saturated heterocycles. The lowest BCUT2D eigenvalue weighted by atomic mass is 10.2. The quantitative estimate of drug-likeness (QED) is 0.854. The molecule has 0 radical (unpaired) electrons. The molecule has 1 heterocycles. The molecule has 1 aliphatic heterocycles. The Labute approximate surface area is 149 Å². The highest BCUT2D eigenvalue weighted by Crippen LogP contribution is 2.37. The number of ether oxygens (including phenoxy) is 2. The van der Waals surface area contributed by atoms with Crippen molar-refractivity contribution in [2.24, 2.45) is 0 Å². The molecule has 0 aromatic heterocycles. The summed E-state index contributed by atoms with van der Waals surface area (Å²) >= 11 is 12.2. The number of carbonyl (C=O) groups is 1. The van der Waals surface area contributed by atoms with E-state index in [9.17, 15) is 4.79 Å². The smallest absolute Gasteiger partial charge is 0.243 e. The molecule has 0 unspecified atom stereocenters. The van der Waals surface area contributed by atoms with Gasteiger partial charge in [-0.05, 0) is 24.6 Å². The summed E-state index contributed by atoms with van der Waals surface area (Å²) in [6.07, 6.45) is 0. The first kappa shape index (κ1) is 16.7. The number of hydrogen-bond donors (Lipinski definition) is 2. The number of benzene rings is 2. The van der Waals surface area contributed by atoms with E-state index in [0.29, 0.717) is 40.4 Å². The van der Waals surface area contributed by atoms with Crippen LogP contribution in [0.1, 0.15) is 5.56 Å². The van der Waals surface area contributed by atoms with Crippen molar-refractivity contribution in [3.05, 3.63) is 45.9 Å². The van der Waals surface area contributed by atoms with Crippen LogP contribution in [0.15, 0.2) is 30.3 Å². The van der Waals surface area contributed by atoms with Gasteiger partial charge < -0.3 is 20.1 Å². The van der Waals surface area contributed by atoms with Crippen LogP contribution in [0.3, 0.4) is 0 Å². The fourth-order valence-electron chi connectivity index (χ4n) is 2.33. The molecule has 2 aromatic carbocycles. The van der Waals surface area contributed by atoms with Crippen LogP contribution in [-0.2, 0) is 4.79 Å². The van der Waals surface area contributed by atoms with Crippen molar-refractivity contribution < 1.29 is 14.3 Å². The number of halogens is 2. The second-order valence-corrected chi connectivity index (χ2v) is 6.10. The molecule has 7 heteroatoms. The Morgan fingerprint density at radius 3 is 2.54 bits per heavy atom. The van der Waals surface area contributed by atoms with E-state index in [2.05, 4.69) is 10.6 Å². The zero-order valence-electron chi connectivity index (χ0n) is 13.0. The molecule has 3 rings (SSSR count). The van der Waals surface area contributed by atoms with Crippen molar-refractivity contribution in [1.29, 1.82) is 0 Å². The van der Waals surface area contributed by atoms with Gasteiger partial charge in [-0.15, -0.1) is 0 Å². The van der Waals surface area contributed by atoms with Gasteiger partial charge in [0.25, 0.3) is 0 Å². The van der Waals surface area contributed by atoms with Gasteiger partial charge in [0, 0.05) is 22.8 Å². The van der Waals surface area contributed by atoms with Crippen molar-refractivity contribution in [1.82, 2.24) is 0 Å². The minimum atomic E-state index is -0.229. The fraction of sp³-hybridized carbons (Fsp3) is 0.235. The maximum atomic E-state index is 12.2. The summed E-state index contributed by atoms with van der Waals surface area (Å²) in [5.74, 6) is 0.921. The van der Waals surface area contributed by atoms with Gasteiger partial charge in [-0.3, -0.25) is 4.79 Å². The van der Waals surface area contributed by atoms with Gasteiger partial charge in [0.15, 0.2) is 11.5 Å². The maximum absolute atomic E-state index is 12.2. The molecule has 1 aliphatic rings. The Kier molecular flexibility index (Phi) is 5.02. The third kappa shape index (κ3) is 3.68. The number of nitrogens with one attached hydrogen (secondary N) is 2. The Bertz CT molecular complexity index is 781. The summed E-state index contributed by atoms with van der Waals surface area (Å²) in [4.78, 5) is 12.2. The summed E-state index contributed by atoms with van der Waals surface area (Å²) in [6, 6.07) is 8.80. The van der Waals surface area contributed by atoms with E-state index in [0.717, 1.165) is 11.3 Å². The highest BCUT2D eigenvalue weighted by molar-refractivity contribution is 6.34. The first-order valence-corrected chi connectivity index (χ1v) is 8.18. The predicted octanol–water partition coefficient (Wildman–Crippen LogP) is 4.12. The van der Waals surface area contributed by atoms with E-state index >= 15 is 0 Å². The van der Waals surface area contributed by atoms with E-state index in [-0.39, 0.29) is 12.5 Å². The standard InChI is InChI=1S/C17H16Cl2N2O3/c1-10-11(18)3-2-4-13(10)20-9-17(22)21-14-8-16-15(7-12(14)19)23-5-6-24-16/h2-4,7-8,20H,5-6,9H2,1H3,(H,21,22). The average Bonchev–Trinajstić information content (AvgIpc) is 2.57. The summed E-state index contributed by atoms with van der Waals surface area (Å²) in [7, 11) is 0. The van der Waals surface area contributed by atoms with Crippen molar-refractivity contribution in [2.75, 3.05) is 30.4 Å². The monoisotopic (exact) mass is 366 g/mol. The molecule has 2 aromatic rings. The van der Waals surface area contributed by atoms with E-state index in [1.165, 1.54) is 0 Å². The summed E-state index contributed by atoms with van der Waals surface area (Å²) in [6.45, 7) is 2.93. The summed E-state index contributed by atoms with van der Waals surface area (Å²) in [5.41, 5.74) is 2.19. The maximum Gasteiger partial charge on any atom is 0.243 e. The summed E-state index contributed by atoms with van der Waals surface area (Å²) in [5, 5.41) is 6.87. The van der Waals surface area contributed by atoms with Crippen LogP contribution in [0.4, 0.5) is 11.4 Å². The Hall–Kier alpha value is -2.11. The van der Waals surface area contributed by atoms with Gasteiger partial charge in [-0.1, -0.05) is 29.3 Å². The zero-order valence-corrected chi connectivity index (χ0v) is 14.5. The average molecular weight is 367 g/mol. The molecule has 0 fully saturated rings. The van der Waals surface area contributed by atoms with E-state index in [4.69, 9.17) is 32.7 Å². The normalized spacial score (nSPS) is 12.6. The zero-order chi connectivity index (χ0) is 17.1. The highest BCUT2D eigenvalue weighted by Gasteiger charge is 2.16. The SMILES string of the molecule is Cc1c(Cl)cccc1NCC(=O)Nc1cc2c(cc1Cl)OCCO2. The molecule has 0 spiro atoms. The number of fused-ring (bicyclic) bond motifs is 1. The van der Waals surface area contributed by atoms with Crippen molar-refractivity contribution >= 4 is 40.5 Å². The number of amides is 1. The molecule has 0 atom stereocenters. The van der Waals surface area contributed by atoms with Gasteiger partial charge in [-0.25, -0.2) is 0 Å². The Balaban J connectivity index is 1.66. The third-order valence-electron chi connectivity index (χ3n) is 3.61. The van der Waals surface area contributed by atoms with E-state index in [1.807, 2.05) is 19.1 Å². The second-order valence-electron chi connectivity index (χ2n) is 5.29. The Morgan fingerprint density at radius 2 is 1.79 bits per heavy atom. The van der Waals surface area contributed by atoms with Crippen LogP contribution >= 0.6 is 23.2 Å². The molecule has 0 bridgehead atoms. The van der Waals surface area contributed by atoms with Crippen LogP contribution in [0, 0.1) is 6.92 Å². The molecule has 1 amide bonds. The Morgan fingerprint density at radius 1 is 1.08 bits per heavy atom. The highest BCUT2D eigenvalue weighted by atomic mass is 35.5. The van der Waals surface area contributed by atoms with Crippen molar-refractivity contribution in [2.45, 2.75) is 6.92 Å². The summed E-state index contributed by atoms with van der Waals surface area (Å²) < 4.78 is 10.9. The molecule has 5 nitrogen and oxygen atoms in total. The van der Waals surface area contributed by atoms with E-state index in [1.54, 1.807) is 18.2 Å². The van der Waals surface area contributed by atoms with Crippen molar-refractivity contribution in [3.63, 3.8) is 0 Å². The molecule has 24 heavy (non-hydrogen) atoms. The first-order chi connectivity index (χ1) is 11.5. The largest absolute Gasteiger partial charge is 0.486 e. The molecule has 0 saturated carbocycles. The lowest BCUT2D eigenvalue weighted by molar-refractivity contribution is -0.114. The molecular weight excluding hydrogens is 351 g/mol.